The third-order valence-electron chi connectivity index (χ3n) is 2.70. The molecule has 1 aromatic carbocycles. The molecule has 0 heterocycles. The van der Waals surface area contributed by atoms with E-state index in [1.807, 2.05) is 26.0 Å². The van der Waals surface area contributed by atoms with E-state index in [4.69, 9.17) is 14.9 Å². The smallest absolute Gasteiger partial charge is 0.326 e. The van der Waals surface area contributed by atoms with E-state index < -0.39 is 30.3 Å². The number of benzene rings is 1. The first-order valence-electron chi connectivity index (χ1n) is 6.23. The number of hydrogen-bond donors (Lipinski definition) is 3. The number of ether oxygens (including phenoxy) is 1. The van der Waals surface area contributed by atoms with Gasteiger partial charge in [-0.1, -0.05) is 17.7 Å². The number of carboxylic acid groups (broad SMARTS) is 2. The molecule has 1 amide bonds. The van der Waals surface area contributed by atoms with Crippen LogP contribution < -0.4 is 10.1 Å². The summed E-state index contributed by atoms with van der Waals surface area (Å²) in [5.74, 6) is -2.89. The quantitative estimate of drug-likeness (QED) is 0.683. The highest BCUT2D eigenvalue weighted by Crippen LogP contribution is 2.18. The van der Waals surface area contributed by atoms with Gasteiger partial charge in [0.05, 0.1) is 6.42 Å². The van der Waals surface area contributed by atoms with E-state index in [9.17, 15) is 14.4 Å². The van der Waals surface area contributed by atoms with Crippen molar-refractivity contribution in [2.24, 2.45) is 0 Å². The van der Waals surface area contributed by atoms with E-state index >= 15 is 0 Å². The molecule has 0 fully saturated rings. The summed E-state index contributed by atoms with van der Waals surface area (Å²) in [5.41, 5.74) is 1.90. The fourth-order valence-corrected chi connectivity index (χ4v) is 1.72. The molecule has 3 N–H and O–H groups in total. The van der Waals surface area contributed by atoms with Crippen molar-refractivity contribution in [2.45, 2.75) is 26.3 Å². The van der Waals surface area contributed by atoms with Crippen LogP contribution in [0, 0.1) is 13.8 Å². The van der Waals surface area contributed by atoms with E-state index in [1.165, 1.54) is 0 Å². The third-order valence-corrected chi connectivity index (χ3v) is 2.70. The summed E-state index contributed by atoms with van der Waals surface area (Å²) in [6.07, 6.45) is -0.690. The minimum Gasteiger partial charge on any atom is -0.484 e. The van der Waals surface area contributed by atoms with E-state index in [0.717, 1.165) is 11.1 Å². The lowest BCUT2D eigenvalue weighted by atomic mass is 10.1. The van der Waals surface area contributed by atoms with Crippen molar-refractivity contribution < 1.29 is 29.3 Å². The van der Waals surface area contributed by atoms with Crippen LogP contribution in [0.4, 0.5) is 0 Å². The maximum Gasteiger partial charge on any atom is 0.326 e. The number of aryl methyl sites for hydroxylation is 2. The Bertz CT molecular complexity index is 554. The van der Waals surface area contributed by atoms with Crippen molar-refractivity contribution in [3.05, 3.63) is 29.3 Å². The van der Waals surface area contributed by atoms with Gasteiger partial charge in [-0.2, -0.15) is 0 Å². The summed E-state index contributed by atoms with van der Waals surface area (Å²) in [4.78, 5) is 32.9. The number of nitrogens with one attached hydrogen (secondary N) is 1. The number of aliphatic carboxylic acids is 2. The molecule has 0 aromatic heterocycles. The Morgan fingerprint density at radius 3 is 2.43 bits per heavy atom. The summed E-state index contributed by atoms with van der Waals surface area (Å²) < 4.78 is 5.29. The molecule has 1 rings (SSSR count). The summed E-state index contributed by atoms with van der Waals surface area (Å²) >= 11 is 0. The zero-order valence-electron chi connectivity index (χ0n) is 11.8. The molecular formula is C14H17NO6. The van der Waals surface area contributed by atoms with Gasteiger partial charge < -0.3 is 20.3 Å². The standard InChI is InChI=1S/C14H17NO6/c1-8-3-4-11(9(2)5-8)21-7-12(16)15-10(14(19)20)6-13(17)18/h3-5,10H,6-7H2,1-2H3,(H,15,16)(H,17,18)(H,19,20)/t10-/m1/s1. The predicted molar refractivity (Wildman–Crippen MR) is 73.2 cm³/mol. The van der Waals surface area contributed by atoms with Gasteiger partial charge in [0.25, 0.3) is 5.91 Å². The molecule has 7 nitrogen and oxygen atoms in total. The van der Waals surface area contributed by atoms with Crippen LogP contribution in [0.5, 0.6) is 5.75 Å². The summed E-state index contributed by atoms with van der Waals surface area (Å²) in [6, 6.07) is 3.95. The molecule has 0 radical (unpaired) electrons. The molecule has 0 spiro atoms. The molecule has 21 heavy (non-hydrogen) atoms. The lowest BCUT2D eigenvalue weighted by molar-refractivity contribution is -0.147. The SMILES string of the molecule is Cc1ccc(OCC(=O)N[C@H](CC(=O)O)C(=O)O)c(C)c1. The fourth-order valence-electron chi connectivity index (χ4n) is 1.72. The molecule has 0 aliphatic heterocycles. The van der Waals surface area contributed by atoms with E-state index in [1.54, 1.807) is 6.07 Å². The first-order chi connectivity index (χ1) is 9.79. The van der Waals surface area contributed by atoms with Gasteiger partial charge in [-0.25, -0.2) is 4.79 Å². The van der Waals surface area contributed by atoms with Crippen molar-refractivity contribution in [1.82, 2.24) is 5.32 Å². The van der Waals surface area contributed by atoms with Crippen LogP contribution in [0.3, 0.4) is 0 Å². The van der Waals surface area contributed by atoms with Crippen molar-refractivity contribution in [1.29, 1.82) is 0 Å². The number of carbonyl (C=O) groups is 3. The Morgan fingerprint density at radius 2 is 1.90 bits per heavy atom. The number of hydrogen-bond acceptors (Lipinski definition) is 4. The maximum absolute atomic E-state index is 11.6. The first kappa shape index (κ1) is 16.5. The Balaban J connectivity index is 2.56. The molecule has 7 heteroatoms. The van der Waals surface area contributed by atoms with Gasteiger partial charge in [0.15, 0.2) is 6.61 Å². The molecule has 114 valence electrons. The second kappa shape index (κ2) is 7.28. The normalized spacial score (nSPS) is 11.5. The van der Waals surface area contributed by atoms with Crippen LogP contribution in [0.15, 0.2) is 18.2 Å². The van der Waals surface area contributed by atoms with Crippen molar-refractivity contribution in [3.63, 3.8) is 0 Å². The van der Waals surface area contributed by atoms with Crippen molar-refractivity contribution >= 4 is 17.8 Å². The Hall–Kier alpha value is -2.57. The molecule has 0 unspecified atom stereocenters. The zero-order valence-corrected chi connectivity index (χ0v) is 11.8. The van der Waals surface area contributed by atoms with Crippen molar-refractivity contribution in [3.8, 4) is 5.75 Å². The molecular weight excluding hydrogens is 278 g/mol. The molecule has 0 aliphatic rings. The van der Waals surface area contributed by atoms with Gasteiger partial charge >= 0.3 is 11.9 Å². The lowest BCUT2D eigenvalue weighted by Gasteiger charge is -2.13. The van der Waals surface area contributed by atoms with Crippen LogP contribution >= 0.6 is 0 Å². The predicted octanol–water partition coefficient (Wildman–Crippen LogP) is 0.726. The maximum atomic E-state index is 11.6. The number of carbonyl (C=O) groups excluding carboxylic acids is 1. The summed E-state index contributed by atoms with van der Waals surface area (Å²) in [6.45, 7) is 3.37. The van der Waals surface area contributed by atoms with Crippen LogP contribution in [0.1, 0.15) is 17.5 Å². The van der Waals surface area contributed by atoms with Gasteiger partial charge in [0, 0.05) is 0 Å². The van der Waals surface area contributed by atoms with Crippen LogP contribution in [-0.4, -0.2) is 40.7 Å². The number of amides is 1. The van der Waals surface area contributed by atoms with Gasteiger partial charge in [0.2, 0.25) is 0 Å². The average molecular weight is 295 g/mol. The van der Waals surface area contributed by atoms with E-state index in [-0.39, 0.29) is 6.61 Å². The highest BCUT2D eigenvalue weighted by atomic mass is 16.5. The molecule has 0 aliphatic carbocycles. The Kier molecular flexibility index (Phi) is 5.71. The Labute approximate surface area is 121 Å². The van der Waals surface area contributed by atoms with E-state index in [0.29, 0.717) is 5.75 Å². The molecule has 0 bridgehead atoms. The highest BCUT2D eigenvalue weighted by molar-refractivity contribution is 5.87. The molecule has 0 saturated carbocycles. The average Bonchev–Trinajstić information content (AvgIpc) is 2.36. The Morgan fingerprint density at radius 1 is 1.24 bits per heavy atom. The van der Waals surface area contributed by atoms with Gasteiger partial charge in [-0.15, -0.1) is 0 Å². The first-order valence-corrected chi connectivity index (χ1v) is 6.23. The number of rotatable bonds is 7. The van der Waals surface area contributed by atoms with Gasteiger partial charge in [-0.05, 0) is 25.5 Å². The fraction of sp³-hybridized carbons (Fsp3) is 0.357. The summed E-state index contributed by atoms with van der Waals surface area (Å²) in [5, 5.41) is 19.5. The van der Waals surface area contributed by atoms with Crippen molar-refractivity contribution in [2.75, 3.05) is 6.61 Å². The second-order valence-corrected chi connectivity index (χ2v) is 4.61. The second-order valence-electron chi connectivity index (χ2n) is 4.61. The largest absolute Gasteiger partial charge is 0.484 e. The third kappa shape index (κ3) is 5.52. The molecule has 0 saturated heterocycles. The monoisotopic (exact) mass is 295 g/mol. The lowest BCUT2D eigenvalue weighted by Crippen LogP contribution is -2.44. The van der Waals surface area contributed by atoms with Crippen LogP contribution in [-0.2, 0) is 14.4 Å². The topological polar surface area (TPSA) is 113 Å². The molecule has 1 atom stereocenters. The zero-order chi connectivity index (χ0) is 16.0. The van der Waals surface area contributed by atoms with Crippen LogP contribution in [0.25, 0.3) is 0 Å². The minimum absolute atomic E-state index is 0.382. The molecule has 1 aromatic rings. The van der Waals surface area contributed by atoms with Crippen LogP contribution in [0.2, 0.25) is 0 Å². The van der Waals surface area contributed by atoms with E-state index in [2.05, 4.69) is 5.32 Å². The minimum atomic E-state index is -1.47. The highest BCUT2D eigenvalue weighted by Gasteiger charge is 2.23. The number of carboxylic acids is 2. The van der Waals surface area contributed by atoms with Gasteiger partial charge in [0.1, 0.15) is 11.8 Å². The summed E-state index contributed by atoms with van der Waals surface area (Å²) in [7, 11) is 0. The van der Waals surface area contributed by atoms with Gasteiger partial charge in [-0.3, -0.25) is 9.59 Å².